The fraction of sp³-hybridized carbons (Fsp3) is 0.867. The molecule has 1 saturated heterocycles. The van der Waals surface area contributed by atoms with Crippen molar-refractivity contribution in [2.24, 2.45) is 18.9 Å². The van der Waals surface area contributed by atoms with E-state index in [-0.39, 0.29) is 11.7 Å². The highest BCUT2D eigenvalue weighted by Crippen LogP contribution is 2.23. The molecule has 0 N–H and O–H groups in total. The number of hydrogen-bond donors (Lipinski definition) is 0. The Hall–Kier alpha value is -0.600. The maximum Gasteiger partial charge on any atom is 0.191 e. The fourth-order valence-corrected chi connectivity index (χ4v) is 5.20. The Kier molecular flexibility index (Phi) is 6.91. The van der Waals surface area contributed by atoms with Crippen molar-refractivity contribution in [3.8, 4) is 0 Å². The molecule has 23 heavy (non-hydrogen) atoms. The third-order valence-electron chi connectivity index (χ3n) is 4.02. The third kappa shape index (κ3) is 6.08. The smallest absolute Gasteiger partial charge is 0.191 e. The van der Waals surface area contributed by atoms with E-state index in [1.54, 1.807) is 11.8 Å². The van der Waals surface area contributed by atoms with Gasteiger partial charge < -0.3 is 9.30 Å². The molecule has 1 aromatic rings. The van der Waals surface area contributed by atoms with Crippen LogP contribution in [0.3, 0.4) is 0 Å². The topological polar surface area (TPSA) is 74.1 Å². The van der Waals surface area contributed by atoms with Crippen molar-refractivity contribution in [1.29, 1.82) is 0 Å². The molecule has 0 aliphatic carbocycles. The Bertz CT molecular complexity index is 599. The summed E-state index contributed by atoms with van der Waals surface area (Å²) >= 11 is 1.63. The van der Waals surface area contributed by atoms with Gasteiger partial charge >= 0.3 is 0 Å². The summed E-state index contributed by atoms with van der Waals surface area (Å²) in [5.74, 6) is 3.16. The first kappa shape index (κ1) is 18.7. The minimum absolute atomic E-state index is 0.181. The average molecular weight is 362 g/mol. The minimum Gasteiger partial charge on any atom is -0.381 e. The summed E-state index contributed by atoms with van der Waals surface area (Å²) < 4.78 is 30.6. The molecule has 6 nitrogen and oxygen atoms in total. The fourth-order valence-electron chi connectivity index (χ4n) is 2.55. The van der Waals surface area contributed by atoms with Crippen LogP contribution in [-0.4, -0.2) is 53.7 Å². The molecule has 1 aliphatic heterocycles. The Morgan fingerprint density at radius 2 is 2.13 bits per heavy atom. The molecule has 0 amide bonds. The van der Waals surface area contributed by atoms with Crippen LogP contribution in [0.5, 0.6) is 0 Å². The molecule has 132 valence electrons. The average Bonchev–Trinajstić information content (AvgIpc) is 2.98. The number of thioether (sulfide) groups is 1. The molecule has 2 rings (SSSR count). The summed E-state index contributed by atoms with van der Waals surface area (Å²) in [6.45, 7) is 5.89. The molecule has 1 unspecified atom stereocenters. The van der Waals surface area contributed by atoms with Crippen molar-refractivity contribution < 1.29 is 13.2 Å². The van der Waals surface area contributed by atoms with Crippen LogP contribution in [0, 0.1) is 11.8 Å². The van der Waals surface area contributed by atoms with Gasteiger partial charge in [-0.1, -0.05) is 25.6 Å². The van der Waals surface area contributed by atoms with E-state index in [1.807, 2.05) is 11.6 Å². The van der Waals surface area contributed by atoms with E-state index in [1.165, 1.54) is 0 Å². The van der Waals surface area contributed by atoms with E-state index in [0.29, 0.717) is 24.7 Å². The lowest BCUT2D eigenvalue weighted by Gasteiger charge is -2.08. The number of ether oxygens (including phenoxy) is 1. The van der Waals surface area contributed by atoms with Crippen LogP contribution in [0.15, 0.2) is 5.16 Å². The highest BCUT2D eigenvalue weighted by atomic mass is 32.2. The Labute approximate surface area is 143 Å². The second kappa shape index (κ2) is 8.48. The van der Waals surface area contributed by atoms with E-state index in [0.717, 1.165) is 36.2 Å². The van der Waals surface area contributed by atoms with Gasteiger partial charge in [0, 0.05) is 25.8 Å². The summed E-state index contributed by atoms with van der Waals surface area (Å²) in [7, 11) is -0.885. The monoisotopic (exact) mass is 361 g/mol. The molecular weight excluding hydrogens is 334 g/mol. The van der Waals surface area contributed by atoms with Crippen molar-refractivity contribution in [3.63, 3.8) is 0 Å². The number of sulfone groups is 1. The van der Waals surface area contributed by atoms with Crippen LogP contribution in [0.25, 0.3) is 0 Å². The van der Waals surface area contributed by atoms with Gasteiger partial charge in [-0.2, -0.15) is 0 Å². The molecule has 1 fully saturated rings. The van der Waals surface area contributed by atoms with Crippen LogP contribution < -0.4 is 0 Å². The zero-order valence-corrected chi connectivity index (χ0v) is 15.8. The standard InChI is InChI=1S/C15H27N3O3S2/c1-12(2)4-6-21-7-8-22-15-17-16-14(18(15)3)10-13-5-9-23(19,20)11-13/h12-13H,4-11H2,1-3H3. The maximum atomic E-state index is 11.5. The second-order valence-corrected chi connectivity index (χ2v) is 9.87. The lowest BCUT2D eigenvalue weighted by Crippen LogP contribution is -2.11. The number of hydrogen-bond acceptors (Lipinski definition) is 6. The van der Waals surface area contributed by atoms with Crippen molar-refractivity contribution in [3.05, 3.63) is 5.82 Å². The van der Waals surface area contributed by atoms with Crippen molar-refractivity contribution in [1.82, 2.24) is 14.8 Å². The van der Waals surface area contributed by atoms with Gasteiger partial charge in [-0.25, -0.2) is 8.42 Å². The van der Waals surface area contributed by atoms with E-state index in [4.69, 9.17) is 4.74 Å². The van der Waals surface area contributed by atoms with Gasteiger partial charge in [-0.3, -0.25) is 0 Å². The molecule has 1 atom stereocenters. The molecule has 0 aromatic carbocycles. The summed E-state index contributed by atoms with van der Waals surface area (Å²) in [5.41, 5.74) is 0. The van der Waals surface area contributed by atoms with Gasteiger partial charge in [0.05, 0.1) is 18.1 Å². The Morgan fingerprint density at radius 1 is 1.35 bits per heavy atom. The highest BCUT2D eigenvalue weighted by molar-refractivity contribution is 7.99. The molecule has 0 bridgehead atoms. The van der Waals surface area contributed by atoms with Crippen molar-refractivity contribution in [2.45, 2.75) is 38.3 Å². The quantitative estimate of drug-likeness (QED) is 0.494. The number of aromatic nitrogens is 3. The molecule has 0 radical (unpaired) electrons. The zero-order chi connectivity index (χ0) is 16.9. The van der Waals surface area contributed by atoms with Crippen LogP contribution in [-0.2, 0) is 28.0 Å². The Balaban J connectivity index is 1.74. The Morgan fingerprint density at radius 3 is 2.78 bits per heavy atom. The predicted octanol–water partition coefficient (Wildman–Crippen LogP) is 1.95. The predicted molar refractivity (Wildman–Crippen MR) is 92.5 cm³/mol. The molecule has 2 heterocycles. The normalized spacial score (nSPS) is 20.4. The van der Waals surface area contributed by atoms with Crippen molar-refractivity contribution >= 4 is 21.6 Å². The van der Waals surface area contributed by atoms with Gasteiger partial charge in [-0.15, -0.1) is 10.2 Å². The molecule has 0 saturated carbocycles. The number of rotatable bonds is 9. The van der Waals surface area contributed by atoms with Gasteiger partial charge in [0.25, 0.3) is 0 Å². The van der Waals surface area contributed by atoms with Gasteiger partial charge in [0.1, 0.15) is 5.82 Å². The van der Waals surface area contributed by atoms with E-state index in [2.05, 4.69) is 24.0 Å². The van der Waals surface area contributed by atoms with E-state index >= 15 is 0 Å². The molecule has 8 heteroatoms. The molecule has 0 spiro atoms. The first-order valence-corrected chi connectivity index (χ1v) is 11.0. The largest absolute Gasteiger partial charge is 0.381 e. The highest BCUT2D eigenvalue weighted by Gasteiger charge is 2.29. The summed E-state index contributed by atoms with van der Waals surface area (Å²) in [5, 5.41) is 9.30. The van der Waals surface area contributed by atoms with E-state index < -0.39 is 9.84 Å². The van der Waals surface area contributed by atoms with E-state index in [9.17, 15) is 8.42 Å². The molecular formula is C15H27N3O3S2. The summed E-state index contributed by atoms with van der Waals surface area (Å²) in [6.07, 6.45) is 2.51. The molecule has 1 aromatic heterocycles. The van der Waals surface area contributed by atoms with Crippen LogP contribution in [0.2, 0.25) is 0 Å². The SMILES string of the molecule is CC(C)CCOCCSc1nnc(CC2CCS(=O)(=O)C2)n1C. The van der Waals surface area contributed by atoms with Crippen LogP contribution in [0.1, 0.15) is 32.5 Å². The van der Waals surface area contributed by atoms with Crippen molar-refractivity contribution in [2.75, 3.05) is 30.5 Å². The maximum absolute atomic E-state index is 11.5. The first-order valence-electron chi connectivity index (χ1n) is 8.16. The number of nitrogens with zero attached hydrogens (tertiary/aromatic N) is 3. The lowest BCUT2D eigenvalue weighted by atomic mass is 10.1. The second-order valence-electron chi connectivity index (χ2n) is 6.57. The molecule has 1 aliphatic rings. The van der Waals surface area contributed by atoms with Gasteiger partial charge in [0.2, 0.25) is 0 Å². The minimum atomic E-state index is -2.83. The first-order chi connectivity index (χ1) is 10.9. The van der Waals surface area contributed by atoms with Crippen LogP contribution >= 0.6 is 11.8 Å². The lowest BCUT2D eigenvalue weighted by molar-refractivity contribution is 0.138. The van der Waals surface area contributed by atoms with Crippen LogP contribution in [0.4, 0.5) is 0 Å². The third-order valence-corrected chi connectivity index (χ3v) is 6.84. The summed E-state index contributed by atoms with van der Waals surface area (Å²) in [4.78, 5) is 0. The summed E-state index contributed by atoms with van der Waals surface area (Å²) in [6, 6.07) is 0. The van der Waals surface area contributed by atoms with Gasteiger partial charge in [0.15, 0.2) is 15.0 Å². The van der Waals surface area contributed by atoms with Gasteiger partial charge in [-0.05, 0) is 24.7 Å². The zero-order valence-electron chi connectivity index (χ0n) is 14.2.